The summed E-state index contributed by atoms with van der Waals surface area (Å²) < 4.78 is 21.8. The third-order valence-electron chi connectivity index (χ3n) is 2.47. The lowest BCUT2D eigenvalue weighted by molar-refractivity contribution is 0.0953. The van der Waals surface area contributed by atoms with Gasteiger partial charge in [-0.2, -0.15) is 5.10 Å². The van der Waals surface area contributed by atoms with Gasteiger partial charge in [-0.3, -0.25) is 14.9 Å². The first kappa shape index (κ1) is 14.9. The van der Waals surface area contributed by atoms with Crippen molar-refractivity contribution in [3.8, 4) is 11.4 Å². The standard InChI is InChI=1S/C13H14N4O3S/c1-21(19,20)8-4-7-15-13(18)12-9-11(16-17-12)10-5-2-3-6-14-10/h2-6,8-9H,7H2,1H3,(H,15,18)(H,16,17)/b8-4+. The molecule has 2 rings (SSSR count). The van der Waals surface area contributed by atoms with Gasteiger partial charge < -0.3 is 5.32 Å². The smallest absolute Gasteiger partial charge is 0.269 e. The molecule has 2 aromatic heterocycles. The molecule has 0 radical (unpaired) electrons. The molecule has 0 bridgehead atoms. The van der Waals surface area contributed by atoms with E-state index in [4.69, 9.17) is 0 Å². The van der Waals surface area contributed by atoms with E-state index >= 15 is 0 Å². The number of hydrogen-bond acceptors (Lipinski definition) is 5. The summed E-state index contributed by atoms with van der Waals surface area (Å²) in [5.74, 6) is -0.372. The lowest BCUT2D eigenvalue weighted by Crippen LogP contribution is -2.23. The largest absolute Gasteiger partial charge is 0.347 e. The number of sulfone groups is 1. The summed E-state index contributed by atoms with van der Waals surface area (Å²) in [6.07, 6.45) is 4.09. The first-order chi connectivity index (χ1) is 9.96. The highest BCUT2D eigenvalue weighted by atomic mass is 32.2. The quantitative estimate of drug-likeness (QED) is 0.848. The molecule has 0 saturated carbocycles. The molecule has 2 N–H and O–H groups in total. The van der Waals surface area contributed by atoms with E-state index in [-0.39, 0.29) is 18.1 Å². The molecule has 0 spiro atoms. The maximum Gasteiger partial charge on any atom is 0.269 e. The number of H-pyrrole nitrogens is 1. The highest BCUT2D eigenvalue weighted by molar-refractivity contribution is 7.93. The summed E-state index contributed by atoms with van der Waals surface area (Å²) in [6, 6.07) is 6.98. The van der Waals surface area contributed by atoms with Gasteiger partial charge in [-0.1, -0.05) is 12.1 Å². The van der Waals surface area contributed by atoms with E-state index in [1.54, 1.807) is 24.4 Å². The summed E-state index contributed by atoms with van der Waals surface area (Å²) in [6.45, 7) is 0.115. The third kappa shape index (κ3) is 4.53. The topological polar surface area (TPSA) is 105 Å². The molecule has 110 valence electrons. The van der Waals surface area contributed by atoms with Gasteiger partial charge >= 0.3 is 0 Å². The van der Waals surface area contributed by atoms with Gasteiger partial charge in [0, 0.05) is 24.4 Å². The summed E-state index contributed by atoms with van der Waals surface area (Å²) in [5, 5.41) is 10.2. The number of nitrogens with one attached hydrogen (secondary N) is 2. The minimum Gasteiger partial charge on any atom is -0.347 e. The van der Waals surface area contributed by atoms with Crippen LogP contribution in [0.3, 0.4) is 0 Å². The van der Waals surface area contributed by atoms with E-state index < -0.39 is 9.84 Å². The summed E-state index contributed by atoms with van der Waals surface area (Å²) in [4.78, 5) is 16.0. The van der Waals surface area contributed by atoms with Gasteiger partial charge in [-0.05, 0) is 18.2 Å². The van der Waals surface area contributed by atoms with E-state index in [1.807, 2.05) is 6.07 Å². The second kappa shape index (κ2) is 6.31. The van der Waals surface area contributed by atoms with Crippen LogP contribution in [0.2, 0.25) is 0 Å². The Kier molecular flexibility index (Phi) is 4.49. The monoisotopic (exact) mass is 306 g/mol. The number of aromatic amines is 1. The van der Waals surface area contributed by atoms with Crippen LogP contribution in [0, 0.1) is 0 Å². The molecule has 0 aromatic carbocycles. The predicted molar refractivity (Wildman–Crippen MR) is 78.1 cm³/mol. The summed E-state index contributed by atoms with van der Waals surface area (Å²) in [5.41, 5.74) is 1.50. The molecule has 21 heavy (non-hydrogen) atoms. The van der Waals surface area contributed by atoms with Crippen molar-refractivity contribution < 1.29 is 13.2 Å². The van der Waals surface area contributed by atoms with Gasteiger partial charge in [0.1, 0.15) is 11.4 Å². The molecule has 2 aromatic rings. The Morgan fingerprint density at radius 3 is 2.86 bits per heavy atom. The van der Waals surface area contributed by atoms with Crippen molar-refractivity contribution in [2.75, 3.05) is 12.8 Å². The highest BCUT2D eigenvalue weighted by Crippen LogP contribution is 2.13. The molecule has 0 aliphatic carbocycles. The van der Waals surface area contributed by atoms with Crippen LogP contribution in [0.15, 0.2) is 41.9 Å². The Labute approximate surface area is 122 Å². The zero-order chi connectivity index (χ0) is 15.3. The number of aromatic nitrogens is 3. The molecule has 0 aliphatic rings. The van der Waals surface area contributed by atoms with E-state index in [0.717, 1.165) is 11.7 Å². The van der Waals surface area contributed by atoms with Gasteiger partial charge in [-0.15, -0.1) is 0 Å². The molecule has 2 heterocycles. The second-order valence-corrected chi connectivity index (χ2v) is 6.22. The van der Waals surface area contributed by atoms with E-state index in [9.17, 15) is 13.2 Å². The molecule has 0 saturated heterocycles. The summed E-state index contributed by atoms with van der Waals surface area (Å²) >= 11 is 0. The Morgan fingerprint density at radius 1 is 1.38 bits per heavy atom. The van der Waals surface area contributed by atoms with Gasteiger partial charge in [0.05, 0.1) is 5.69 Å². The SMILES string of the molecule is CS(=O)(=O)/C=C/CNC(=O)c1cc(-c2ccccn2)n[nH]1. The molecular formula is C13H14N4O3S. The molecule has 1 amide bonds. The lowest BCUT2D eigenvalue weighted by Gasteiger charge is -1.98. The van der Waals surface area contributed by atoms with Crippen molar-refractivity contribution in [2.24, 2.45) is 0 Å². The van der Waals surface area contributed by atoms with Gasteiger partial charge in [0.25, 0.3) is 5.91 Å². The van der Waals surface area contributed by atoms with Crippen LogP contribution in [0.4, 0.5) is 0 Å². The number of carbonyl (C=O) groups excluding carboxylic acids is 1. The minimum absolute atomic E-state index is 0.115. The molecular weight excluding hydrogens is 292 g/mol. The lowest BCUT2D eigenvalue weighted by atomic mass is 10.2. The fraction of sp³-hybridized carbons (Fsp3) is 0.154. The molecule has 8 heteroatoms. The minimum atomic E-state index is -3.18. The maximum atomic E-state index is 11.8. The fourth-order valence-electron chi connectivity index (χ4n) is 1.55. The van der Waals surface area contributed by atoms with Crippen molar-refractivity contribution in [3.05, 3.63) is 47.6 Å². The van der Waals surface area contributed by atoms with Crippen LogP contribution in [0.1, 0.15) is 10.5 Å². The number of amides is 1. The van der Waals surface area contributed by atoms with E-state index in [0.29, 0.717) is 11.4 Å². The van der Waals surface area contributed by atoms with Gasteiger partial charge in [0.2, 0.25) is 0 Å². The molecule has 0 atom stereocenters. The number of pyridine rings is 1. The van der Waals surface area contributed by atoms with Gasteiger partial charge in [0.15, 0.2) is 9.84 Å². The molecule has 0 unspecified atom stereocenters. The zero-order valence-corrected chi connectivity index (χ0v) is 12.1. The normalized spacial score (nSPS) is 11.7. The number of carbonyl (C=O) groups is 1. The Balaban J connectivity index is 1.98. The van der Waals surface area contributed by atoms with Crippen molar-refractivity contribution in [1.82, 2.24) is 20.5 Å². The predicted octanol–water partition coefficient (Wildman–Crippen LogP) is 0.760. The van der Waals surface area contributed by atoms with Crippen molar-refractivity contribution >= 4 is 15.7 Å². The van der Waals surface area contributed by atoms with Crippen molar-refractivity contribution in [1.29, 1.82) is 0 Å². The first-order valence-corrected chi connectivity index (χ1v) is 8.03. The maximum absolute atomic E-state index is 11.8. The number of nitrogens with zero attached hydrogens (tertiary/aromatic N) is 2. The molecule has 0 aliphatic heterocycles. The van der Waals surface area contributed by atoms with Crippen molar-refractivity contribution in [3.63, 3.8) is 0 Å². The van der Waals surface area contributed by atoms with E-state index in [2.05, 4.69) is 20.5 Å². The number of rotatable bonds is 5. The second-order valence-electron chi connectivity index (χ2n) is 4.29. The average molecular weight is 306 g/mol. The van der Waals surface area contributed by atoms with Crippen LogP contribution in [-0.2, 0) is 9.84 Å². The number of hydrogen-bond donors (Lipinski definition) is 2. The van der Waals surface area contributed by atoms with Crippen molar-refractivity contribution in [2.45, 2.75) is 0 Å². The van der Waals surface area contributed by atoms with Crippen LogP contribution in [-0.4, -0.2) is 42.3 Å². The van der Waals surface area contributed by atoms with Crippen LogP contribution in [0.5, 0.6) is 0 Å². The third-order valence-corrected chi connectivity index (χ3v) is 3.16. The highest BCUT2D eigenvalue weighted by Gasteiger charge is 2.10. The Bertz CT molecular complexity index is 751. The zero-order valence-electron chi connectivity index (χ0n) is 11.3. The fourth-order valence-corrected chi connectivity index (χ4v) is 2.00. The Morgan fingerprint density at radius 2 is 2.19 bits per heavy atom. The Hall–Kier alpha value is -2.48. The van der Waals surface area contributed by atoms with Crippen LogP contribution in [0.25, 0.3) is 11.4 Å². The van der Waals surface area contributed by atoms with Gasteiger partial charge in [-0.25, -0.2) is 8.42 Å². The summed E-state index contributed by atoms with van der Waals surface area (Å²) in [7, 11) is -3.18. The average Bonchev–Trinajstić information content (AvgIpc) is 2.93. The molecule has 0 fully saturated rings. The molecule has 7 nitrogen and oxygen atoms in total. The van der Waals surface area contributed by atoms with Crippen LogP contribution < -0.4 is 5.32 Å². The first-order valence-electron chi connectivity index (χ1n) is 6.07. The van der Waals surface area contributed by atoms with Crippen LogP contribution >= 0.6 is 0 Å². The van der Waals surface area contributed by atoms with E-state index in [1.165, 1.54) is 6.08 Å².